The summed E-state index contributed by atoms with van der Waals surface area (Å²) in [6, 6.07) is 2.79. The van der Waals surface area contributed by atoms with Crippen molar-refractivity contribution in [1.82, 2.24) is 4.90 Å². The molecule has 4 nitrogen and oxygen atoms in total. The van der Waals surface area contributed by atoms with Crippen molar-refractivity contribution in [3.05, 3.63) is 34.6 Å². The zero-order valence-electron chi connectivity index (χ0n) is 10.1. The number of carboxylic acid groups (broad SMARTS) is 1. The Kier molecular flexibility index (Phi) is 4.04. The van der Waals surface area contributed by atoms with Crippen LogP contribution in [0, 0.1) is 5.82 Å². The first-order valence-electron chi connectivity index (χ1n) is 5.99. The standard InChI is InChI=1S/C13H13ClFNO3/c14-8-4-5-10(15)9(7-8)12(17)16-6-2-1-3-11(16)13(18)19/h4-5,7,11H,1-3,6H2,(H,18,19)/t11-/m1/s1. The van der Waals surface area contributed by atoms with Crippen LogP contribution in [0.15, 0.2) is 18.2 Å². The Bertz CT molecular complexity index is 521. The third-order valence-electron chi connectivity index (χ3n) is 3.21. The molecular formula is C13H13ClFNO3. The van der Waals surface area contributed by atoms with Crippen molar-refractivity contribution in [3.8, 4) is 0 Å². The number of aliphatic carboxylic acids is 1. The van der Waals surface area contributed by atoms with Crippen LogP contribution in [0.25, 0.3) is 0 Å². The molecule has 1 aromatic rings. The van der Waals surface area contributed by atoms with Gasteiger partial charge in [0.15, 0.2) is 0 Å². The van der Waals surface area contributed by atoms with E-state index in [1.165, 1.54) is 17.0 Å². The lowest BCUT2D eigenvalue weighted by molar-refractivity contribution is -0.143. The fraction of sp³-hybridized carbons (Fsp3) is 0.385. The lowest BCUT2D eigenvalue weighted by Gasteiger charge is -2.33. The first kappa shape index (κ1) is 13.8. The van der Waals surface area contributed by atoms with Gasteiger partial charge in [-0.25, -0.2) is 9.18 Å². The molecule has 19 heavy (non-hydrogen) atoms. The number of piperidine rings is 1. The van der Waals surface area contributed by atoms with E-state index in [1.807, 2.05) is 0 Å². The summed E-state index contributed by atoms with van der Waals surface area (Å²) >= 11 is 5.75. The Morgan fingerprint density at radius 2 is 2.11 bits per heavy atom. The number of likely N-dealkylation sites (tertiary alicyclic amines) is 1. The molecule has 1 fully saturated rings. The van der Waals surface area contributed by atoms with Crippen molar-refractivity contribution in [2.24, 2.45) is 0 Å². The van der Waals surface area contributed by atoms with Crippen molar-refractivity contribution in [3.63, 3.8) is 0 Å². The number of rotatable bonds is 2. The SMILES string of the molecule is O=C(O)[C@H]1CCCCN1C(=O)c1cc(Cl)ccc1F. The van der Waals surface area contributed by atoms with Crippen LogP contribution in [0.3, 0.4) is 0 Å². The number of carbonyl (C=O) groups is 2. The van der Waals surface area contributed by atoms with Crippen LogP contribution in [0.4, 0.5) is 4.39 Å². The number of hydrogen-bond acceptors (Lipinski definition) is 2. The predicted molar refractivity (Wildman–Crippen MR) is 67.7 cm³/mol. The van der Waals surface area contributed by atoms with Gasteiger partial charge in [-0.05, 0) is 37.5 Å². The van der Waals surface area contributed by atoms with Crippen LogP contribution >= 0.6 is 11.6 Å². The maximum Gasteiger partial charge on any atom is 0.326 e. The van der Waals surface area contributed by atoms with Crippen LogP contribution in [0.5, 0.6) is 0 Å². The molecule has 1 aliphatic heterocycles. The lowest BCUT2D eigenvalue weighted by Crippen LogP contribution is -2.48. The van der Waals surface area contributed by atoms with Crippen molar-refractivity contribution in [2.45, 2.75) is 25.3 Å². The Morgan fingerprint density at radius 1 is 1.37 bits per heavy atom. The lowest BCUT2D eigenvalue weighted by atomic mass is 10.0. The summed E-state index contributed by atoms with van der Waals surface area (Å²) < 4.78 is 13.6. The third-order valence-corrected chi connectivity index (χ3v) is 3.44. The van der Waals surface area contributed by atoms with Crippen molar-refractivity contribution < 1.29 is 19.1 Å². The van der Waals surface area contributed by atoms with Gasteiger partial charge < -0.3 is 10.0 Å². The van der Waals surface area contributed by atoms with E-state index in [0.29, 0.717) is 13.0 Å². The summed E-state index contributed by atoms with van der Waals surface area (Å²) in [6.07, 6.45) is 1.86. The van der Waals surface area contributed by atoms with Crippen LogP contribution in [-0.4, -0.2) is 34.5 Å². The van der Waals surface area contributed by atoms with Crippen molar-refractivity contribution >= 4 is 23.5 Å². The first-order chi connectivity index (χ1) is 9.00. The van der Waals surface area contributed by atoms with E-state index in [4.69, 9.17) is 16.7 Å². The summed E-state index contributed by atoms with van der Waals surface area (Å²) in [5, 5.41) is 9.36. The third kappa shape index (κ3) is 2.87. The highest BCUT2D eigenvalue weighted by molar-refractivity contribution is 6.31. The van der Waals surface area contributed by atoms with Gasteiger partial charge in [0.05, 0.1) is 5.56 Å². The average molecular weight is 286 g/mol. The van der Waals surface area contributed by atoms with E-state index >= 15 is 0 Å². The van der Waals surface area contributed by atoms with Gasteiger partial charge in [-0.3, -0.25) is 4.79 Å². The molecule has 0 radical (unpaired) electrons. The topological polar surface area (TPSA) is 57.6 Å². The summed E-state index contributed by atoms with van der Waals surface area (Å²) in [6.45, 7) is 0.321. The van der Waals surface area contributed by atoms with Gasteiger partial charge in [0.1, 0.15) is 11.9 Å². The zero-order valence-corrected chi connectivity index (χ0v) is 10.9. The summed E-state index contributed by atoms with van der Waals surface area (Å²) in [7, 11) is 0. The number of nitrogens with zero attached hydrogens (tertiary/aromatic N) is 1. The minimum Gasteiger partial charge on any atom is -0.480 e. The van der Waals surface area contributed by atoms with Crippen LogP contribution in [0.1, 0.15) is 29.6 Å². The Hall–Kier alpha value is -1.62. The normalized spacial score (nSPS) is 19.3. The summed E-state index contributed by atoms with van der Waals surface area (Å²) in [5.74, 6) is -2.37. The molecule has 1 amide bonds. The molecule has 1 atom stereocenters. The summed E-state index contributed by atoms with van der Waals surface area (Å²) in [4.78, 5) is 24.6. The number of amides is 1. The predicted octanol–water partition coefficient (Wildman–Crippen LogP) is 2.56. The molecule has 0 spiro atoms. The molecule has 0 saturated carbocycles. The minimum absolute atomic E-state index is 0.180. The van der Waals surface area contributed by atoms with Gasteiger partial charge in [-0.1, -0.05) is 11.6 Å². The Labute approximate surface area is 114 Å². The van der Waals surface area contributed by atoms with E-state index in [9.17, 15) is 14.0 Å². The minimum atomic E-state index is -1.06. The van der Waals surface area contributed by atoms with Gasteiger partial charge in [0.2, 0.25) is 0 Å². The molecule has 6 heteroatoms. The highest BCUT2D eigenvalue weighted by Crippen LogP contribution is 2.22. The molecule has 1 heterocycles. The largest absolute Gasteiger partial charge is 0.480 e. The molecular weight excluding hydrogens is 273 g/mol. The second-order valence-electron chi connectivity index (χ2n) is 4.47. The molecule has 0 aromatic heterocycles. The van der Waals surface area contributed by atoms with Gasteiger partial charge in [-0.2, -0.15) is 0 Å². The van der Waals surface area contributed by atoms with Crippen LogP contribution < -0.4 is 0 Å². The van der Waals surface area contributed by atoms with Gasteiger partial charge in [0.25, 0.3) is 5.91 Å². The number of carboxylic acids is 1. The highest BCUT2D eigenvalue weighted by atomic mass is 35.5. The van der Waals surface area contributed by atoms with Gasteiger partial charge >= 0.3 is 5.97 Å². The summed E-state index contributed by atoms with van der Waals surface area (Å²) in [5.41, 5.74) is -0.180. The molecule has 0 aliphatic carbocycles. The van der Waals surface area contributed by atoms with E-state index in [2.05, 4.69) is 0 Å². The zero-order chi connectivity index (χ0) is 14.0. The number of hydrogen-bond donors (Lipinski definition) is 1. The molecule has 102 valence electrons. The molecule has 1 saturated heterocycles. The second kappa shape index (κ2) is 5.57. The fourth-order valence-electron chi connectivity index (χ4n) is 2.25. The maximum atomic E-state index is 13.6. The average Bonchev–Trinajstić information content (AvgIpc) is 2.40. The van der Waals surface area contributed by atoms with Crippen molar-refractivity contribution in [1.29, 1.82) is 0 Å². The fourth-order valence-corrected chi connectivity index (χ4v) is 2.42. The molecule has 1 N–H and O–H groups in total. The monoisotopic (exact) mass is 285 g/mol. The van der Waals surface area contributed by atoms with Crippen LogP contribution in [-0.2, 0) is 4.79 Å². The van der Waals surface area contributed by atoms with Gasteiger partial charge in [-0.15, -0.1) is 0 Å². The smallest absolute Gasteiger partial charge is 0.326 e. The quantitative estimate of drug-likeness (QED) is 0.908. The molecule has 1 aromatic carbocycles. The van der Waals surface area contributed by atoms with E-state index in [-0.39, 0.29) is 10.6 Å². The van der Waals surface area contributed by atoms with Crippen LogP contribution in [0.2, 0.25) is 5.02 Å². The first-order valence-corrected chi connectivity index (χ1v) is 6.37. The Balaban J connectivity index is 2.31. The number of halogens is 2. The van der Waals surface area contributed by atoms with Crippen molar-refractivity contribution in [2.75, 3.05) is 6.54 Å². The number of benzene rings is 1. The molecule has 1 aliphatic rings. The van der Waals surface area contributed by atoms with E-state index < -0.39 is 23.7 Å². The highest BCUT2D eigenvalue weighted by Gasteiger charge is 2.33. The van der Waals surface area contributed by atoms with E-state index in [0.717, 1.165) is 18.9 Å². The maximum absolute atomic E-state index is 13.6. The van der Waals surface area contributed by atoms with Gasteiger partial charge in [0, 0.05) is 11.6 Å². The molecule has 0 unspecified atom stereocenters. The molecule has 0 bridgehead atoms. The second-order valence-corrected chi connectivity index (χ2v) is 4.91. The van der Waals surface area contributed by atoms with E-state index in [1.54, 1.807) is 0 Å². The molecule has 2 rings (SSSR count). The Morgan fingerprint density at radius 3 is 2.79 bits per heavy atom. The number of carbonyl (C=O) groups excluding carboxylic acids is 1.